The lowest BCUT2D eigenvalue weighted by Gasteiger charge is -2.34. The van der Waals surface area contributed by atoms with Crippen LogP contribution >= 0.6 is 23.1 Å². The van der Waals surface area contributed by atoms with Gasteiger partial charge in [0.1, 0.15) is 4.21 Å². The molecule has 0 N–H and O–H groups in total. The van der Waals surface area contributed by atoms with Crippen LogP contribution in [0.15, 0.2) is 21.7 Å². The zero-order valence-corrected chi connectivity index (χ0v) is 15.5. The molecule has 24 heavy (non-hydrogen) atoms. The number of piperazine rings is 1. The van der Waals surface area contributed by atoms with Gasteiger partial charge in [0.15, 0.2) is 0 Å². The van der Waals surface area contributed by atoms with Crippen molar-refractivity contribution in [2.75, 3.05) is 45.0 Å². The summed E-state index contributed by atoms with van der Waals surface area (Å²) in [5.41, 5.74) is 0. The Balaban J connectivity index is 1.49. The largest absolute Gasteiger partial charge is 0.340 e. The predicted molar refractivity (Wildman–Crippen MR) is 93.7 cm³/mol. The van der Waals surface area contributed by atoms with Crippen LogP contribution in [0.2, 0.25) is 0 Å². The highest BCUT2D eigenvalue weighted by atomic mass is 32.2. The summed E-state index contributed by atoms with van der Waals surface area (Å²) in [6, 6.07) is 3.32. The van der Waals surface area contributed by atoms with Crippen LogP contribution in [0.3, 0.4) is 0 Å². The summed E-state index contributed by atoms with van der Waals surface area (Å²) < 4.78 is 26.7. The summed E-state index contributed by atoms with van der Waals surface area (Å²) in [6.07, 6.45) is 0.296. The Morgan fingerprint density at radius 1 is 1.17 bits per heavy atom. The molecule has 1 aromatic rings. The molecule has 7 nitrogen and oxygen atoms in total. The maximum atomic E-state index is 12.4. The van der Waals surface area contributed by atoms with Crippen molar-refractivity contribution in [2.24, 2.45) is 0 Å². The number of sulfonamides is 1. The molecule has 0 unspecified atom stereocenters. The number of amides is 2. The highest BCUT2D eigenvalue weighted by Crippen LogP contribution is 2.22. The fraction of sp³-hybridized carbons (Fsp3) is 0.571. The summed E-state index contributed by atoms with van der Waals surface area (Å²) in [7, 11) is -3.44. The van der Waals surface area contributed by atoms with Crippen LogP contribution in [0.4, 0.5) is 4.79 Å². The number of hydrogen-bond acceptors (Lipinski definition) is 6. The molecule has 1 aromatic heterocycles. The maximum Gasteiger partial charge on any atom is 0.281 e. The van der Waals surface area contributed by atoms with Crippen molar-refractivity contribution in [3.8, 4) is 0 Å². The predicted octanol–water partition coefficient (Wildman–Crippen LogP) is 1.14. The van der Waals surface area contributed by atoms with Crippen molar-refractivity contribution in [3.05, 3.63) is 17.5 Å². The standard InChI is InChI=1S/C14H19N3O4S3/c18-12(3-4-16-9-11-23-14(16)19)15-5-7-17(8-6-15)24(20,21)13-2-1-10-22-13/h1-2,10H,3-9,11H2. The first-order valence-corrected chi connectivity index (χ1v) is 11.0. The Morgan fingerprint density at radius 3 is 2.50 bits per heavy atom. The van der Waals surface area contributed by atoms with Gasteiger partial charge in [-0.3, -0.25) is 9.59 Å². The molecule has 0 aliphatic carbocycles. The fourth-order valence-electron chi connectivity index (χ4n) is 2.73. The second-order valence-corrected chi connectivity index (χ2v) is 9.73. The summed E-state index contributed by atoms with van der Waals surface area (Å²) in [5.74, 6) is 0.764. The molecule has 2 fully saturated rings. The van der Waals surface area contributed by atoms with Crippen LogP contribution < -0.4 is 0 Å². The molecule has 2 aliphatic heterocycles. The van der Waals surface area contributed by atoms with Gasteiger partial charge in [-0.2, -0.15) is 4.31 Å². The minimum atomic E-state index is -3.44. The van der Waals surface area contributed by atoms with Gasteiger partial charge in [0.25, 0.3) is 15.3 Å². The fourth-order valence-corrected chi connectivity index (χ4v) is 6.15. The average Bonchev–Trinajstić information content (AvgIpc) is 3.25. The number of thiophene rings is 1. The van der Waals surface area contributed by atoms with Gasteiger partial charge in [0.05, 0.1) is 0 Å². The van der Waals surface area contributed by atoms with Crippen molar-refractivity contribution < 1.29 is 18.0 Å². The van der Waals surface area contributed by atoms with Crippen molar-refractivity contribution in [3.63, 3.8) is 0 Å². The van der Waals surface area contributed by atoms with E-state index >= 15 is 0 Å². The van der Waals surface area contributed by atoms with E-state index in [1.807, 2.05) is 0 Å². The number of hydrogen-bond donors (Lipinski definition) is 0. The van der Waals surface area contributed by atoms with Crippen LogP contribution in [0.25, 0.3) is 0 Å². The number of thioether (sulfide) groups is 1. The van der Waals surface area contributed by atoms with Crippen molar-refractivity contribution in [1.82, 2.24) is 14.1 Å². The summed E-state index contributed by atoms with van der Waals surface area (Å²) in [6.45, 7) is 2.55. The zero-order valence-electron chi connectivity index (χ0n) is 13.1. The molecule has 10 heteroatoms. The van der Waals surface area contributed by atoms with Gasteiger partial charge < -0.3 is 9.80 Å². The number of carbonyl (C=O) groups excluding carboxylic acids is 2. The van der Waals surface area contributed by atoms with Gasteiger partial charge in [0, 0.05) is 51.4 Å². The second-order valence-electron chi connectivity index (χ2n) is 5.57. The molecule has 0 bridgehead atoms. The van der Waals surface area contributed by atoms with Gasteiger partial charge in [-0.15, -0.1) is 11.3 Å². The van der Waals surface area contributed by atoms with E-state index < -0.39 is 10.0 Å². The topological polar surface area (TPSA) is 78.0 Å². The lowest BCUT2D eigenvalue weighted by Crippen LogP contribution is -2.50. The van der Waals surface area contributed by atoms with Crippen LogP contribution in [0, 0.1) is 0 Å². The highest BCUT2D eigenvalue weighted by Gasteiger charge is 2.31. The van der Waals surface area contributed by atoms with E-state index in [-0.39, 0.29) is 11.1 Å². The van der Waals surface area contributed by atoms with Gasteiger partial charge in [0.2, 0.25) is 5.91 Å². The van der Waals surface area contributed by atoms with E-state index in [4.69, 9.17) is 0 Å². The van der Waals surface area contributed by atoms with E-state index in [0.29, 0.717) is 49.9 Å². The van der Waals surface area contributed by atoms with Crippen LogP contribution in [-0.4, -0.2) is 78.7 Å². The van der Waals surface area contributed by atoms with Crippen molar-refractivity contribution >= 4 is 44.3 Å². The lowest BCUT2D eigenvalue weighted by atomic mass is 10.3. The monoisotopic (exact) mass is 389 g/mol. The molecule has 2 aliphatic rings. The van der Waals surface area contributed by atoms with Gasteiger partial charge in [-0.1, -0.05) is 17.8 Å². The number of nitrogens with zero attached hydrogens (tertiary/aromatic N) is 3. The third-order valence-corrected chi connectivity index (χ3v) is 8.28. The molecule has 3 rings (SSSR count). The molecule has 132 valence electrons. The Bertz CT molecular complexity index is 697. The Labute approximate surface area is 149 Å². The lowest BCUT2D eigenvalue weighted by molar-refractivity contribution is -0.132. The summed E-state index contributed by atoms with van der Waals surface area (Å²) in [5, 5.41) is 1.78. The Hall–Kier alpha value is -1.10. The number of rotatable bonds is 5. The third-order valence-electron chi connectivity index (χ3n) is 4.12. The molecule has 2 saturated heterocycles. The minimum absolute atomic E-state index is 0.0205. The molecule has 0 saturated carbocycles. The van der Waals surface area contributed by atoms with E-state index in [2.05, 4.69) is 0 Å². The maximum absolute atomic E-state index is 12.4. The smallest absolute Gasteiger partial charge is 0.281 e. The van der Waals surface area contributed by atoms with Crippen molar-refractivity contribution in [1.29, 1.82) is 0 Å². The molecule has 0 aromatic carbocycles. The first kappa shape index (κ1) is 17.7. The Morgan fingerprint density at radius 2 is 1.92 bits per heavy atom. The van der Waals surface area contributed by atoms with Crippen LogP contribution in [0.1, 0.15) is 6.42 Å². The molecule has 0 radical (unpaired) electrons. The Kier molecular flexibility index (Phi) is 5.48. The zero-order chi connectivity index (χ0) is 17.2. The highest BCUT2D eigenvalue weighted by molar-refractivity contribution is 8.13. The minimum Gasteiger partial charge on any atom is -0.340 e. The summed E-state index contributed by atoms with van der Waals surface area (Å²) in [4.78, 5) is 27.2. The molecule has 0 spiro atoms. The van der Waals surface area contributed by atoms with E-state index in [9.17, 15) is 18.0 Å². The molecule has 0 atom stereocenters. The first-order chi connectivity index (χ1) is 11.5. The SMILES string of the molecule is O=C(CCN1CCSC1=O)N1CCN(S(=O)(=O)c2cccs2)CC1. The van der Waals surface area contributed by atoms with Gasteiger partial charge >= 0.3 is 0 Å². The average molecular weight is 390 g/mol. The third kappa shape index (κ3) is 3.76. The quantitative estimate of drug-likeness (QED) is 0.755. The normalized spacial score (nSPS) is 19.9. The van der Waals surface area contributed by atoms with Crippen molar-refractivity contribution in [2.45, 2.75) is 10.6 Å². The van der Waals surface area contributed by atoms with Gasteiger partial charge in [-0.05, 0) is 11.4 Å². The van der Waals surface area contributed by atoms with Crippen LogP contribution in [0.5, 0.6) is 0 Å². The number of carbonyl (C=O) groups is 2. The van der Waals surface area contributed by atoms with Crippen LogP contribution in [-0.2, 0) is 14.8 Å². The van der Waals surface area contributed by atoms with E-state index in [1.54, 1.807) is 27.3 Å². The molecule has 2 amide bonds. The molecular formula is C14H19N3O4S3. The van der Waals surface area contributed by atoms with E-state index in [1.165, 1.54) is 27.4 Å². The van der Waals surface area contributed by atoms with Gasteiger partial charge in [-0.25, -0.2) is 8.42 Å². The molecular weight excluding hydrogens is 370 g/mol. The summed E-state index contributed by atoms with van der Waals surface area (Å²) >= 11 is 2.49. The van der Waals surface area contributed by atoms with E-state index in [0.717, 1.165) is 5.75 Å². The molecule has 3 heterocycles. The second kappa shape index (κ2) is 7.42. The first-order valence-electron chi connectivity index (χ1n) is 7.71.